The van der Waals surface area contributed by atoms with Crippen LogP contribution in [-0.4, -0.2) is 0 Å². The first-order valence-electron chi connectivity index (χ1n) is 10.4. The molecule has 0 amide bonds. The molecule has 4 nitrogen and oxygen atoms in total. The molecular formula is C24H18N4S4. The van der Waals surface area contributed by atoms with Crippen LogP contribution in [-0.2, 0) is 5.41 Å². The standard InChI is InChI=1S/C24H18N4S4/c25-10-12(27)6-14-8-16-20(29-14)18-22(31-16)23-19(24(18)4-2-1-3-5-24)21-17(32-23)9-15(30-21)7-13(28)11-26/h6-9H,1-5,27-28H2/b12-6-,13-7+. The average molecular weight is 491 g/mol. The van der Waals surface area contributed by atoms with Crippen molar-refractivity contribution in [1.29, 1.82) is 10.5 Å². The van der Waals surface area contributed by atoms with Crippen LogP contribution in [0.25, 0.3) is 40.7 Å². The van der Waals surface area contributed by atoms with Crippen molar-refractivity contribution >= 4 is 76.3 Å². The zero-order valence-corrected chi connectivity index (χ0v) is 20.3. The van der Waals surface area contributed by atoms with Crippen molar-refractivity contribution in [3.8, 4) is 21.9 Å². The number of hydrogen-bond donors (Lipinski definition) is 2. The van der Waals surface area contributed by atoms with Gasteiger partial charge in [-0.25, -0.2) is 0 Å². The number of nitrogens with two attached hydrogens (primary N) is 2. The molecule has 0 unspecified atom stereocenters. The van der Waals surface area contributed by atoms with Gasteiger partial charge in [0.05, 0.1) is 19.2 Å². The van der Waals surface area contributed by atoms with Crippen molar-refractivity contribution in [2.75, 3.05) is 0 Å². The van der Waals surface area contributed by atoms with Gasteiger partial charge in [0.2, 0.25) is 0 Å². The van der Waals surface area contributed by atoms with Gasteiger partial charge < -0.3 is 11.5 Å². The van der Waals surface area contributed by atoms with Gasteiger partial charge in [-0.2, -0.15) is 10.5 Å². The molecule has 4 aromatic heterocycles. The minimum atomic E-state index is 0.0681. The second-order valence-electron chi connectivity index (χ2n) is 8.36. The van der Waals surface area contributed by atoms with Crippen LogP contribution in [0.4, 0.5) is 0 Å². The molecular weight excluding hydrogens is 473 g/mol. The molecule has 0 bridgehead atoms. The van der Waals surface area contributed by atoms with E-state index >= 15 is 0 Å². The fourth-order valence-corrected chi connectivity index (χ4v) is 11.0. The fourth-order valence-electron chi connectivity index (χ4n) is 5.30. The number of nitrogens with zero attached hydrogens (tertiary/aromatic N) is 2. The highest BCUT2D eigenvalue weighted by atomic mass is 32.1. The summed E-state index contributed by atoms with van der Waals surface area (Å²) in [5.41, 5.74) is 15.2. The van der Waals surface area contributed by atoms with Crippen molar-refractivity contribution in [3.63, 3.8) is 0 Å². The molecule has 4 N–H and O–H groups in total. The number of thiophene rings is 4. The van der Waals surface area contributed by atoms with Gasteiger partial charge in [0.25, 0.3) is 0 Å². The lowest BCUT2D eigenvalue weighted by Gasteiger charge is -2.35. The van der Waals surface area contributed by atoms with Gasteiger partial charge in [0.1, 0.15) is 23.5 Å². The third-order valence-corrected chi connectivity index (χ3v) is 11.4. The zero-order valence-electron chi connectivity index (χ0n) is 17.0. The first-order chi connectivity index (χ1) is 15.5. The maximum atomic E-state index is 9.08. The summed E-state index contributed by atoms with van der Waals surface area (Å²) >= 11 is 7.30. The molecule has 1 fully saturated rings. The normalized spacial score (nSPS) is 17.6. The van der Waals surface area contributed by atoms with Gasteiger partial charge in [-0.15, -0.1) is 45.3 Å². The van der Waals surface area contributed by atoms with E-state index in [0.29, 0.717) is 0 Å². The summed E-state index contributed by atoms with van der Waals surface area (Å²) in [5.74, 6) is 0. The van der Waals surface area contributed by atoms with Gasteiger partial charge in [-0.3, -0.25) is 0 Å². The summed E-state index contributed by atoms with van der Waals surface area (Å²) in [4.78, 5) is 4.98. The zero-order chi connectivity index (χ0) is 22.0. The van der Waals surface area contributed by atoms with E-state index in [4.69, 9.17) is 22.0 Å². The fraction of sp³-hybridized carbons (Fsp3) is 0.250. The Morgan fingerprint density at radius 3 is 1.69 bits per heavy atom. The Labute approximate surface area is 201 Å². The van der Waals surface area contributed by atoms with E-state index in [0.717, 1.165) is 9.75 Å². The van der Waals surface area contributed by atoms with Crippen LogP contribution in [0.15, 0.2) is 23.5 Å². The van der Waals surface area contributed by atoms with E-state index in [1.807, 2.05) is 34.8 Å². The van der Waals surface area contributed by atoms with Crippen molar-refractivity contribution in [1.82, 2.24) is 0 Å². The van der Waals surface area contributed by atoms with Crippen molar-refractivity contribution in [2.45, 2.75) is 37.5 Å². The molecule has 0 radical (unpaired) electrons. The quantitative estimate of drug-likeness (QED) is 0.292. The Kier molecular flexibility index (Phi) is 4.50. The third-order valence-electron chi connectivity index (χ3n) is 6.49. The summed E-state index contributed by atoms with van der Waals surface area (Å²) in [7, 11) is 0. The molecule has 1 spiro atoms. The van der Waals surface area contributed by atoms with E-state index in [1.165, 1.54) is 71.8 Å². The number of allylic oxidation sites excluding steroid dienone is 2. The smallest absolute Gasteiger partial charge is 0.117 e. The van der Waals surface area contributed by atoms with Crippen LogP contribution in [0.1, 0.15) is 53.0 Å². The molecule has 158 valence electrons. The minimum Gasteiger partial charge on any atom is -0.390 e. The SMILES string of the molecule is N#C/C(N)=C/c1cc2sc3c(c2s1)C1(CCCCC1)c1c-3sc2cc(/C=C(/N)C#N)sc12. The monoisotopic (exact) mass is 490 g/mol. The van der Waals surface area contributed by atoms with Crippen molar-refractivity contribution in [2.24, 2.45) is 11.5 Å². The highest BCUT2D eigenvalue weighted by molar-refractivity contribution is 7.35. The Morgan fingerprint density at radius 1 is 0.781 bits per heavy atom. The summed E-state index contributed by atoms with van der Waals surface area (Å²) in [6.07, 6.45) is 9.71. The molecule has 4 heterocycles. The Balaban J connectivity index is 1.59. The third kappa shape index (κ3) is 2.74. The van der Waals surface area contributed by atoms with Crippen molar-refractivity contribution in [3.05, 3.63) is 44.4 Å². The predicted molar refractivity (Wildman–Crippen MR) is 138 cm³/mol. The Morgan fingerprint density at radius 2 is 1.25 bits per heavy atom. The molecule has 4 aromatic rings. The Hall–Kier alpha value is -2.62. The van der Waals surface area contributed by atoms with Crippen LogP contribution in [0.2, 0.25) is 0 Å². The highest BCUT2D eigenvalue weighted by Crippen LogP contribution is 2.66. The molecule has 2 aliphatic rings. The van der Waals surface area contributed by atoms with Crippen LogP contribution in [0.3, 0.4) is 0 Å². The van der Waals surface area contributed by atoms with Crippen molar-refractivity contribution < 1.29 is 0 Å². The molecule has 6 rings (SSSR count). The molecule has 0 aromatic carbocycles. The molecule has 1 saturated carbocycles. The second kappa shape index (κ2) is 7.19. The topological polar surface area (TPSA) is 99.6 Å². The largest absolute Gasteiger partial charge is 0.390 e. The van der Waals surface area contributed by atoms with E-state index < -0.39 is 0 Å². The molecule has 8 heteroatoms. The Bertz CT molecular complexity index is 1440. The van der Waals surface area contributed by atoms with Crippen LogP contribution < -0.4 is 11.5 Å². The number of hydrogen-bond acceptors (Lipinski definition) is 8. The molecule has 32 heavy (non-hydrogen) atoms. The van der Waals surface area contributed by atoms with E-state index in [2.05, 4.69) is 12.1 Å². The first kappa shape index (κ1) is 20.0. The maximum Gasteiger partial charge on any atom is 0.117 e. The van der Waals surface area contributed by atoms with E-state index in [1.54, 1.807) is 34.8 Å². The molecule has 0 atom stereocenters. The lowest BCUT2D eigenvalue weighted by Crippen LogP contribution is -2.27. The summed E-state index contributed by atoms with van der Waals surface area (Å²) in [5, 5.41) is 18.2. The highest BCUT2D eigenvalue weighted by Gasteiger charge is 2.49. The summed E-state index contributed by atoms with van der Waals surface area (Å²) < 4.78 is 5.33. The van der Waals surface area contributed by atoms with Gasteiger partial charge in [0.15, 0.2) is 0 Å². The average Bonchev–Trinajstić information content (AvgIpc) is 3.54. The van der Waals surface area contributed by atoms with E-state index in [9.17, 15) is 0 Å². The van der Waals surface area contributed by atoms with Crippen LogP contribution in [0.5, 0.6) is 0 Å². The van der Waals surface area contributed by atoms with Gasteiger partial charge in [0, 0.05) is 35.7 Å². The molecule has 0 saturated heterocycles. The first-order valence-corrected chi connectivity index (χ1v) is 13.7. The number of rotatable bonds is 2. The van der Waals surface area contributed by atoms with Gasteiger partial charge in [-0.05, 0) is 37.1 Å². The maximum absolute atomic E-state index is 9.08. The summed E-state index contributed by atoms with van der Waals surface area (Å²) in [6.45, 7) is 0. The van der Waals surface area contributed by atoms with Gasteiger partial charge in [-0.1, -0.05) is 19.3 Å². The van der Waals surface area contributed by atoms with Gasteiger partial charge >= 0.3 is 0 Å². The lowest BCUT2D eigenvalue weighted by atomic mass is 9.68. The second-order valence-corrected chi connectivity index (χ2v) is 12.6. The number of fused-ring (bicyclic) bond motifs is 9. The lowest BCUT2D eigenvalue weighted by molar-refractivity contribution is 0.358. The number of nitriles is 2. The van der Waals surface area contributed by atoms with Crippen LogP contribution >= 0.6 is 45.3 Å². The summed E-state index contributed by atoms with van der Waals surface area (Å²) in [6, 6.07) is 8.43. The minimum absolute atomic E-state index is 0.0681. The van der Waals surface area contributed by atoms with E-state index in [-0.39, 0.29) is 16.8 Å². The van der Waals surface area contributed by atoms with Crippen LogP contribution in [0, 0.1) is 22.7 Å². The molecule has 0 aliphatic heterocycles. The predicted octanol–water partition coefficient (Wildman–Crippen LogP) is 7.12. The molecule has 2 aliphatic carbocycles.